The standard InChI is InChI=1S/C24H36N2O5S/c1-8-12-25(22(4,5)6)20(29)18-24-11-10-23(7,32-24)17(21(30)31-13-9-2)16(24)19(28)26(18)15(3)14-27/h8-9,15-18,27H,1-2,10-14H2,3-7H3/t15-,16+,17+,18?,23-,24?/m1/s1. The molecule has 0 aromatic heterocycles. The first-order chi connectivity index (χ1) is 14.9. The average molecular weight is 465 g/mol. The molecule has 3 saturated heterocycles. The zero-order valence-corrected chi connectivity index (χ0v) is 20.6. The molecule has 178 valence electrons. The minimum atomic E-state index is -0.759. The molecule has 8 heteroatoms. The van der Waals surface area contributed by atoms with Crippen LogP contribution < -0.4 is 0 Å². The molecule has 1 N–H and O–H groups in total. The number of fused-ring (bicyclic) bond motifs is 1. The normalized spacial score (nSPS) is 34.2. The maximum Gasteiger partial charge on any atom is 0.311 e. The number of amides is 2. The Kier molecular flexibility index (Phi) is 6.61. The number of thioether (sulfide) groups is 1. The lowest BCUT2D eigenvalue weighted by Gasteiger charge is -2.43. The molecule has 0 aromatic carbocycles. The first-order valence-corrected chi connectivity index (χ1v) is 12.0. The van der Waals surface area contributed by atoms with Crippen molar-refractivity contribution in [2.24, 2.45) is 11.8 Å². The van der Waals surface area contributed by atoms with E-state index in [1.165, 1.54) is 6.08 Å². The third-order valence-electron chi connectivity index (χ3n) is 7.17. The quantitative estimate of drug-likeness (QED) is 0.438. The summed E-state index contributed by atoms with van der Waals surface area (Å²) >= 11 is 1.60. The highest BCUT2D eigenvalue weighted by Crippen LogP contribution is 2.71. The van der Waals surface area contributed by atoms with Crippen LogP contribution in [0.1, 0.15) is 47.5 Å². The largest absolute Gasteiger partial charge is 0.461 e. The fourth-order valence-corrected chi connectivity index (χ4v) is 8.09. The molecule has 0 aromatic rings. The molecule has 2 unspecified atom stereocenters. The van der Waals surface area contributed by atoms with Gasteiger partial charge >= 0.3 is 5.97 Å². The second-order valence-corrected chi connectivity index (χ2v) is 12.2. The number of nitrogens with zero attached hydrogens (tertiary/aromatic N) is 2. The van der Waals surface area contributed by atoms with Crippen LogP contribution in [-0.4, -0.2) is 79.6 Å². The van der Waals surface area contributed by atoms with E-state index in [0.717, 1.165) is 6.42 Å². The predicted octanol–water partition coefficient (Wildman–Crippen LogP) is 2.39. The maximum atomic E-state index is 14.1. The number of hydrogen-bond donors (Lipinski definition) is 1. The van der Waals surface area contributed by atoms with Crippen LogP contribution in [0.5, 0.6) is 0 Å². The lowest BCUT2D eigenvalue weighted by molar-refractivity contribution is -0.155. The van der Waals surface area contributed by atoms with E-state index in [2.05, 4.69) is 13.2 Å². The lowest BCUT2D eigenvalue weighted by Crippen LogP contribution is -2.60. The van der Waals surface area contributed by atoms with Crippen LogP contribution in [-0.2, 0) is 19.1 Å². The summed E-state index contributed by atoms with van der Waals surface area (Å²) < 4.78 is 4.20. The van der Waals surface area contributed by atoms with Gasteiger partial charge in [0.2, 0.25) is 11.8 Å². The number of aliphatic hydroxyl groups is 1. The van der Waals surface area contributed by atoms with E-state index >= 15 is 0 Å². The lowest BCUT2D eigenvalue weighted by atomic mass is 9.66. The summed E-state index contributed by atoms with van der Waals surface area (Å²) in [4.78, 5) is 44.3. The maximum absolute atomic E-state index is 14.1. The van der Waals surface area contributed by atoms with Gasteiger partial charge in [-0.15, -0.1) is 18.3 Å². The van der Waals surface area contributed by atoms with Crippen molar-refractivity contribution in [2.45, 2.75) is 74.6 Å². The minimum Gasteiger partial charge on any atom is -0.461 e. The summed E-state index contributed by atoms with van der Waals surface area (Å²) in [5.41, 5.74) is -0.482. The monoisotopic (exact) mass is 464 g/mol. The first-order valence-electron chi connectivity index (χ1n) is 11.2. The van der Waals surface area contributed by atoms with Gasteiger partial charge < -0.3 is 19.6 Å². The van der Waals surface area contributed by atoms with Gasteiger partial charge in [0.05, 0.1) is 29.2 Å². The summed E-state index contributed by atoms with van der Waals surface area (Å²) in [5.74, 6) is -2.11. The van der Waals surface area contributed by atoms with Crippen LogP contribution in [0.4, 0.5) is 0 Å². The molecule has 2 bridgehead atoms. The molecule has 2 amide bonds. The van der Waals surface area contributed by atoms with Crippen molar-refractivity contribution in [3.63, 3.8) is 0 Å². The van der Waals surface area contributed by atoms with Gasteiger partial charge in [-0.1, -0.05) is 18.7 Å². The highest BCUT2D eigenvalue weighted by atomic mass is 32.2. The molecule has 6 atom stereocenters. The van der Waals surface area contributed by atoms with Crippen molar-refractivity contribution in [3.05, 3.63) is 25.3 Å². The van der Waals surface area contributed by atoms with Crippen molar-refractivity contribution in [1.82, 2.24) is 9.80 Å². The van der Waals surface area contributed by atoms with Gasteiger partial charge in [-0.2, -0.15) is 0 Å². The summed E-state index contributed by atoms with van der Waals surface area (Å²) in [6.45, 7) is 17.2. The molecule has 7 nitrogen and oxygen atoms in total. The highest BCUT2D eigenvalue weighted by molar-refractivity contribution is 8.02. The Morgan fingerprint density at radius 2 is 2.00 bits per heavy atom. The topological polar surface area (TPSA) is 87.1 Å². The number of carbonyl (C=O) groups is 3. The van der Waals surface area contributed by atoms with Crippen LogP contribution in [0.3, 0.4) is 0 Å². The number of rotatable bonds is 8. The van der Waals surface area contributed by atoms with Gasteiger partial charge in [-0.05, 0) is 47.5 Å². The van der Waals surface area contributed by atoms with Crippen LogP contribution in [0.25, 0.3) is 0 Å². The van der Waals surface area contributed by atoms with E-state index in [0.29, 0.717) is 13.0 Å². The van der Waals surface area contributed by atoms with E-state index in [1.54, 1.807) is 34.6 Å². The molecule has 3 aliphatic rings. The minimum absolute atomic E-state index is 0.0836. The summed E-state index contributed by atoms with van der Waals surface area (Å²) in [6, 6.07) is -1.30. The van der Waals surface area contributed by atoms with E-state index in [9.17, 15) is 19.5 Å². The van der Waals surface area contributed by atoms with Crippen molar-refractivity contribution < 1.29 is 24.2 Å². The van der Waals surface area contributed by atoms with Crippen molar-refractivity contribution >= 4 is 29.5 Å². The smallest absolute Gasteiger partial charge is 0.311 e. The van der Waals surface area contributed by atoms with E-state index in [4.69, 9.17) is 4.74 Å². The van der Waals surface area contributed by atoms with E-state index in [1.807, 2.05) is 27.7 Å². The number of carbonyl (C=O) groups excluding carboxylic acids is 3. The second kappa shape index (κ2) is 8.52. The molecule has 0 radical (unpaired) electrons. The molecule has 3 aliphatic heterocycles. The molecular formula is C24H36N2O5S. The molecule has 0 aliphatic carbocycles. The Morgan fingerprint density at radius 1 is 1.34 bits per heavy atom. The second-order valence-electron chi connectivity index (χ2n) is 10.3. The van der Waals surface area contributed by atoms with Crippen molar-refractivity contribution in [3.8, 4) is 0 Å². The Morgan fingerprint density at radius 3 is 2.53 bits per heavy atom. The summed E-state index contributed by atoms with van der Waals surface area (Å²) in [6.07, 6.45) is 4.57. The van der Waals surface area contributed by atoms with Crippen LogP contribution in [0.15, 0.2) is 25.3 Å². The molecular weight excluding hydrogens is 428 g/mol. The number of ether oxygens (including phenoxy) is 1. The van der Waals surface area contributed by atoms with Crippen LogP contribution >= 0.6 is 11.8 Å². The van der Waals surface area contributed by atoms with Gasteiger partial charge in [-0.25, -0.2) is 0 Å². The Hall–Kier alpha value is -1.80. The summed E-state index contributed by atoms with van der Waals surface area (Å²) in [5, 5.41) is 9.94. The van der Waals surface area contributed by atoms with E-state index < -0.39 is 44.9 Å². The van der Waals surface area contributed by atoms with E-state index in [-0.39, 0.29) is 25.0 Å². The van der Waals surface area contributed by atoms with Gasteiger partial charge in [0.1, 0.15) is 12.6 Å². The fraction of sp³-hybridized carbons (Fsp3) is 0.708. The number of esters is 1. The average Bonchev–Trinajstić information content (AvgIpc) is 3.29. The van der Waals surface area contributed by atoms with Gasteiger partial charge in [0.15, 0.2) is 0 Å². The Bertz CT molecular complexity index is 824. The Balaban J connectivity index is 2.12. The SMILES string of the molecule is C=CCOC(=O)[C@@H]1[C@H]2C(=O)N([C@H](C)CO)C(C(=O)N(CC=C)C(C)(C)C)C23CC[C@@]1(C)S3. The zero-order chi connectivity index (χ0) is 24.1. The fourth-order valence-electron chi connectivity index (χ4n) is 5.76. The molecule has 3 fully saturated rings. The van der Waals surface area contributed by atoms with Crippen molar-refractivity contribution in [2.75, 3.05) is 19.8 Å². The number of aliphatic hydroxyl groups excluding tert-OH is 1. The van der Waals surface area contributed by atoms with Gasteiger partial charge in [0, 0.05) is 16.8 Å². The molecule has 0 saturated carbocycles. The third-order valence-corrected chi connectivity index (χ3v) is 9.16. The van der Waals surface area contributed by atoms with Crippen LogP contribution in [0.2, 0.25) is 0 Å². The predicted molar refractivity (Wildman–Crippen MR) is 125 cm³/mol. The number of hydrogen-bond acceptors (Lipinski definition) is 6. The highest BCUT2D eigenvalue weighted by Gasteiger charge is 2.78. The van der Waals surface area contributed by atoms with Gasteiger partial charge in [-0.3, -0.25) is 14.4 Å². The number of likely N-dealkylation sites (tertiary alicyclic amines) is 1. The zero-order valence-electron chi connectivity index (χ0n) is 19.8. The molecule has 3 rings (SSSR count). The summed E-state index contributed by atoms with van der Waals surface area (Å²) in [7, 11) is 0. The van der Waals surface area contributed by atoms with Crippen molar-refractivity contribution in [1.29, 1.82) is 0 Å². The first kappa shape index (κ1) is 24.8. The Labute approximate surface area is 195 Å². The molecule has 1 spiro atoms. The third kappa shape index (κ3) is 3.59. The van der Waals surface area contributed by atoms with Gasteiger partial charge in [0.25, 0.3) is 0 Å². The van der Waals surface area contributed by atoms with Crippen LogP contribution in [0, 0.1) is 11.8 Å². The molecule has 3 heterocycles. The molecule has 32 heavy (non-hydrogen) atoms.